The number of carbonyl (C=O) groups is 2. The quantitative estimate of drug-likeness (QED) is 0.927. The number of carboxylic acids is 1. The van der Waals surface area contributed by atoms with Gasteiger partial charge in [-0.15, -0.1) is 0 Å². The van der Waals surface area contributed by atoms with Crippen LogP contribution in [-0.2, 0) is 11.2 Å². The van der Waals surface area contributed by atoms with Crippen molar-refractivity contribution in [2.45, 2.75) is 12.5 Å². The van der Waals surface area contributed by atoms with Gasteiger partial charge in [0.2, 0.25) is 0 Å². The fourth-order valence-corrected chi connectivity index (χ4v) is 2.79. The molecular formula is C16H12ClNO3. The summed E-state index contributed by atoms with van der Waals surface area (Å²) in [6, 6.07) is 12.9. The average molecular weight is 302 g/mol. The Kier molecular flexibility index (Phi) is 3.39. The molecular weight excluding hydrogens is 290 g/mol. The van der Waals surface area contributed by atoms with E-state index in [2.05, 4.69) is 0 Å². The second kappa shape index (κ2) is 5.22. The number of aliphatic carboxylic acids is 1. The molecule has 0 aliphatic carbocycles. The van der Waals surface area contributed by atoms with Crippen molar-refractivity contribution in [2.24, 2.45) is 0 Å². The number of carbonyl (C=O) groups excluding carboxylic acids is 1. The van der Waals surface area contributed by atoms with Gasteiger partial charge in [0.1, 0.15) is 6.04 Å². The SMILES string of the molecule is O=C(O)[C@@H]1Cc2ccccc2N1C(=O)c1cccc(Cl)c1. The summed E-state index contributed by atoms with van der Waals surface area (Å²) >= 11 is 5.91. The number of nitrogens with zero attached hydrogens (tertiary/aromatic N) is 1. The molecule has 106 valence electrons. The summed E-state index contributed by atoms with van der Waals surface area (Å²) in [7, 11) is 0. The van der Waals surface area contributed by atoms with E-state index in [1.165, 1.54) is 4.90 Å². The van der Waals surface area contributed by atoms with Crippen LogP contribution in [0, 0.1) is 0 Å². The lowest BCUT2D eigenvalue weighted by atomic mass is 10.1. The molecule has 0 saturated heterocycles. The Morgan fingerprint density at radius 1 is 1.14 bits per heavy atom. The highest BCUT2D eigenvalue weighted by molar-refractivity contribution is 6.31. The first kappa shape index (κ1) is 13.6. The van der Waals surface area contributed by atoms with Gasteiger partial charge in [-0.05, 0) is 29.8 Å². The van der Waals surface area contributed by atoms with Crippen molar-refractivity contribution in [2.75, 3.05) is 4.90 Å². The molecule has 2 aromatic carbocycles. The van der Waals surface area contributed by atoms with Gasteiger partial charge in [-0.2, -0.15) is 0 Å². The number of anilines is 1. The fourth-order valence-electron chi connectivity index (χ4n) is 2.60. The third kappa shape index (κ3) is 2.38. The number of para-hydroxylation sites is 1. The highest BCUT2D eigenvalue weighted by Crippen LogP contribution is 2.33. The van der Waals surface area contributed by atoms with Crippen molar-refractivity contribution in [1.29, 1.82) is 0 Å². The molecule has 0 unspecified atom stereocenters. The highest BCUT2D eigenvalue weighted by atomic mass is 35.5. The number of hydrogen-bond donors (Lipinski definition) is 1. The van der Waals surface area contributed by atoms with Crippen LogP contribution in [0.15, 0.2) is 48.5 Å². The predicted octanol–water partition coefficient (Wildman–Crippen LogP) is 3.00. The smallest absolute Gasteiger partial charge is 0.327 e. The molecule has 1 heterocycles. The van der Waals surface area contributed by atoms with E-state index in [0.29, 0.717) is 22.7 Å². The van der Waals surface area contributed by atoms with Crippen LogP contribution in [-0.4, -0.2) is 23.0 Å². The van der Waals surface area contributed by atoms with Gasteiger partial charge in [0.15, 0.2) is 0 Å². The summed E-state index contributed by atoms with van der Waals surface area (Å²) in [5.74, 6) is -1.36. The maximum atomic E-state index is 12.7. The number of rotatable bonds is 2. The largest absolute Gasteiger partial charge is 0.480 e. The van der Waals surface area contributed by atoms with Crippen LogP contribution in [0.4, 0.5) is 5.69 Å². The monoisotopic (exact) mass is 301 g/mol. The van der Waals surface area contributed by atoms with Crippen molar-refractivity contribution in [3.8, 4) is 0 Å². The van der Waals surface area contributed by atoms with Crippen molar-refractivity contribution in [1.82, 2.24) is 0 Å². The molecule has 0 spiro atoms. The van der Waals surface area contributed by atoms with Crippen LogP contribution in [0.25, 0.3) is 0 Å². The van der Waals surface area contributed by atoms with E-state index in [1.54, 1.807) is 36.4 Å². The first-order valence-electron chi connectivity index (χ1n) is 6.48. The van der Waals surface area contributed by atoms with Crippen LogP contribution < -0.4 is 4.90 Å². The van der Waals surface area contributed by atoms with Crippen LogP contribution in [0.3, 0.4) is 0 Å². The van der Waals surface area contributed by atoms with Gasteiger partial charge < -0.3 is 5.11 Å². The fraction of sp³-hybridized carbons (Fsp3) is 0.125. The molecule has 5 heteroatoms. The molecule has 21 heavy (non-hydrogen) atoms. The second-order valence-corrected chi connectivity index (χ2v) is 5.31. The van der Waals surface area contributed by atoms with Gasteiger partial charge in [0, 0.05) is 22.7 Å². The number of amides is 1. The van der Waals surface area contributed by atoms with Crippen molar-refractivity contribution in [3.63, 3.8) is 0 Å². The van der Waals surface area contributed by atoms with Gasteiger partial charge >= 0.3 is 5.97 Å². The lowest BCUT2D eigenvalue weighted by Gasteiger charge is -2.22. The number of halogens is 1. The minimum atomic E-state index is -1.01. The molecule has 3 rings (SSSR count). The van der Waals surface area contributed by atoms with Crippen LogP contribution in [0.5, 0.6) is 0 Å². The lowest BCUT2D eigenvalue weighted by Crippen LogP contribution is -2.42. The first-order valence-corrected chi connectivity index (χ1v) is 6.85. The molecule has 0 bridgehead atoms. The minimum Gasteiger partial charge on any atom is -0.480 e. The Morgan fingerprint density at radius 3 is 2.62 bits per heavy atom. The summed E-state index contributed by atoms with van der Waals surface area (Å²) in [5, 5.41) is 9.83. The number of benzene rings is 2. The maximum Gasteiger partial charge on any atom is 0.327 e. The van der Waals surface area contributed by atoms with Gasteiger partial charge in [-0.1, -0.05) is 35.9 Å². The molecule has 2 aromatic rings. The van der Waals surface area contributed by atoms with E-state index in [9.17, 15) is 14.7 Å². The van der Waals surface area contributed by atoms with E-state index >= 15 is 0 Å². The molecule has 1 atom stereocenters. The molecule has 1 aliphatic heterocycles. The molecule has 0 aromatic heterocycles. The Morgan fingerprint density at radius 2 is 1.90 bits per heavy atom. The van der Waals surface area contributed by atoms with E-state index < -0.39 is 12.0 Å². The standard InChI is InChI=1S/C16H12ClNO3/c17-12-6-3-5-11(8-12)15(19)18-13-7-2-1-4-10(13)9-14(18)16(20)21/h1-8,14H,9H2,(H,20,21)/t14-/m0/s1. The molecule has 1 amide bonds. The zero-order valence-corrected chi connectivity index (χ0v) is 11.7. The van der Waals surface area contributed by atoms with Crippen molar-refractivity contribution in [3.05, 3.63) is 64.7 Å². The maximum absolute atomic E-state index is 12.7. The predicted molar refractivity (Wildman–Crippen MR) is 79.8 cm³/mol. The van der Waals surface area contributed by atoms with Crippen LogP contribution in [0.1, 0.15) is 15.9 Å². The number of hydrogen-bond acceptors (Lipinski definition) is 2. The Labute approximate surface area is 126 Å². The summed E-state index contributed by atoms with van der Waals surface area (Å²) in [4.78, 5) is 25.5. The Bertz CT molecular complexity index is 729. The number of fused-ring (bicyclic) bond motifs is 1. The van der Waals surface area contributed by atoms with Crippen molar-refractivity contribution < 1.29 is 14.7 Å². The van der Waals surface area contributed by atoms with E-state index in [0.717, 1.165) is 5.56 Å². The molecule has 0 saturated carbocycles. The van der Waals surface area contributed by atoms with Gasteiger partial charge in [-0.3, -0.25) is 9.69 Å². The van der Waals surface area contributed by atoms with E-state index in [-0.39, 0.29) is 5.91 Å². The molecule has 4 nitrogen and oxygen atoms in total. The summed E-state index contributed by atoms with van der Waals surface area (Å²) < 4.78 is 0. The Hall–Kier alpha value is -2.33. The molecule has 0 radical (unpaired) electrons. The van der Waals surface area contributed by atoms with Crippen LogP contribution >= 0.6 is 11.6 Å². The van der Waals surface area contributed by atoms with Crippen molar-refractivity contribution >= 4 is 29.2 Å². The topological polar surface area (TPSA) is 57.6 Å². The first-order chi connectivity index (χ1) is 10.1. The molecule has 1 N–H and O–H groups in total. The van der Waals surface area contributed by atoms with Gasteiger partial charge in [0.05, 0.1) is 0 Å². The second-order valence-electron chi connectivity index (χ2n) is 4.87. The third-order valence-electron chi connectivity index (χ3n) is 3.55. The summed E-state index contributed by atoms with van der Waals surface area (Å²) in [6.45, 7) is 0. The zero-order valence-electron chi connectivity index (χ0n) is 11.0. The summed E-state index contributed by atoms with van der Waals surface area (Å²) in [5.41, 5.74) is 1.89. The van der Waals surface area contributed by atoms with E-state index in [4.69, 9.17) is 11.6 Å². The van der Waals surface area contributed by atoms with Gasteiger partial charge in [-0.25, -0.2) is 4.79 Å². The minimum absolute atomic E-state index is 0.317. The van der Waals surface area contributed by atoms with Gasteiger partial charge in [0.25, 0.3) is 5.91 Å². The normalized spacial score (nSPS) is 16.6. The average Bonchev–Trinajstić information content (AvgIpc) is 2.86. The number of carboxylic acid groups (broad SMARTS) is 1. The summed E-state index contributed by atoms with van der Waals surface area (Å²) in [6.07, 6.45) is 0.317. The Balaban J connectivity index is 2.05. The van der Waals surface area contributed by atoms with Crippen LogP contribution in [0.2, 0.25) is 5.02 Å². The third-order valence-corrected chi connectivity index (χ3v) is 3.79. The molecule has 1 aliphatic rings. The zero-order chi connectivity index (χ0) is 15.0. The van der Waals surface area contributed by atoms with E-state index in [1.807, 2.05) is 12.1 Å². The lowest BCUT2D eigenvalue weighted by molar-refractivity contribution is -0.138. The molecule has 0 fully saturated rings. The highest BCUT2D eigenvalue weighted by Gasteiger charge is 2.38.